The van der Waals surface area contributed by atoms with Gasteiger partial charge >= 0.3 is 5.97 Å². The van der Waals surface area contributed by atoms with Crippen LogP contribution in [-0.2, 0) is 17.6 Å². The van der Waals surface area contributed by atoms with Crippen molar-refractivity contribution in [2.75, 3.05) is 0 Å². The number of aromatic nitrogens is 1. The van der Waals surface area contributed by atoms with E-state index < -0.39 is 11.6 Å². The van der Waals surface area contributed by atoms with Crippen molar-refractivity contribution >= 4 is 5.97 Å². The zero-order chi connectivity index (χ0) is 25.1. The molecule has 4 nitrogen and oxygen atoms in total. The summed E-state index contributed by atoms with van der Waals surface area (Å²) in [6.07, 6.45) is 1.09. The molecule has 1 aromatic heterocycles. The van der Waals surface area contributed by atoms with E-state index in [1.165, 1.54) is 0 Å². The average molecular weight is 455 g/mol. The maximum absolute atomic E-state index is 13.6. The summed E-state index contributed by atoms with van der Waals surface area (Å²) in [6, 6.07) is 20.3. The van der Waals surface area contributed by atoms with Crippen LogP contribution < -0.4 is 0 Å². The van der Waals surface area contributed by atoms with Gasteiger partial charge in [0.15, 0.2) is 0 Å². The van der Waals surface area contributed by atoms with Crippen molar-refractivity contribution < 1.29 is 9.53 Å². The molecular formula is C30H34N2O2. The summed E-state index contributed by atoms with van der Waals surface area (Å²) >= 11 is 0. The number of benzene rings is 2. The van der Waals surface area contributed by atoms with Gasteiger partial charge in [0.05, 0.1) is 22.5 Å². The molecule has 176 valence electrons. The Kier molecular flexibility index (Phi) is 7.26. The Morgan fingerprint density at radius 2 is 1.56 bits per heavy atom. The highest BCUT2D eigenvalue weighted by Gasteiger charge is 2.30. The van der Waals surface area contributed by atoms with Crippen LogP contribution in [0.2, 0.25) is 0 Å². The zero-order valence-corrected chi connectivity index (χ0v) is 21.3. The second-order valence-corrected chi connectivity index (χ2v) is 11.0. The van der Waals surface area contributed by atoms with Gasteiger partial charge in [0.2, 0.25) is 0 Å². The van der Waals surface area contributed by atoms with Gasteiger partial charge in [-0.3, -0.25) is 4.98 Å². The zero-order valence-electron chi connectivity index (χ0n) is 21.3. The normalized spacial score (nSPS) is 11.7. The molecule has 0 spiro atoms. The number of hydrogen-bond acceptors (Lipinski definition) is 4. The Morgan fingerprint density at radius 1 is 0.941 bits per heavy atom. The molecule has 0 fully saturated rings. The predicted molar refractivity (Wildman–Crippen MR) is 137 cm³/mol. The molecule has 0 saturated heterocycles. The van der Waals surface area contributed by atoms with Crippen LogP contribution in [0.3, 0.4) is 0 Å². The van der Waals surface area contributed by atoms with E-state index in [0.29, 0.717) is 40.9 Å². The van der Waals surface area contributed by atoms with Crippen LogP contribution in [-0.4, -0.2) is 16.6 Å². The monoisotopic (exact) mass is 454 g/mol. The van der Waals surface area contributed by atoms with Crippen LogP contribution >= 0.6 is 0 Å². The van der Waals surface area contributed by atoms with E-state index in [0.717, 1.165) is 16.7 Å². The molecule has 3 aromatic rings. The van der Waals surface area contributed by atoms with Crippen LogP contribution in [0.1, 0.15) is 80.0 Å². The van der Waals surface area contributed by atoms with Gasteiger partial charge in [0, 0.05) is 12.0 Å². The predicted octanol–water partition coefficient (Wildman–Crippen LogP) is 7.06. The average Bonchev–Trinajstić information content (AvgIpc) is 2.72. The van der Waals surface area contributed by atoms with E-state index in [1.54, 1.807) is 0 Å². The van der Waals surface area contributed by atoms with Crippen LogP contribution in [0.25, 0.3) is 11.1 Å². The lowest BCUT2D eigenvalue weighted by Crippen LogP contribution is -2.26. The molecule has 0 N–H and O–H groups in total. The highest BCUT2D eigenvalue weighted by Crippen LogP contribution is 2.35. The first-order chi connectivity index (χ1) is 15.9. The van der Waals surface area contributed by atoms with Gasteiger partial charge in [-0.25, -0.2) is 4.79 Å². The van der Waals surface area contributed by atoms with Gasteiger partial charge in [-0.2, -0.15) is 5.26 Å². The number of esters is 1. The topological polar surface area (TPSA) is 63.0 Å². The highest BCUT2D eigenvalue weighted by molar-refractivity contribution is 6.00. The first-order valence-corrected chi connectivity index (χ1v) is 11.7. The summed E-state index contributed by atoms with van der Waals surface area (Å²) in [7, 11) is 0. The minimum Gasteiger partial charge on any atom is -0.456 e. The van der Waals surface area contributed by atoms with Crippen LogP contribution in [0, 0.1) is 23.7 Å². The van der Waals surface area contributed by atoms with E-state index in [9.17, 15) is 10.1 Å². The van der Waals surface area contributed by atoms with Gasteiger partial charge in [-0.15, -0.1) is 0 Å². The third kappa shape index (κ3) is 6.32. The van der Waals surface area contributed by atoms with Crippen molar-refractivity contribution in [1.29, 1.82) is 5.26 Å². The number of carbonyl (C=O) groups excluding carboxylic acids is 1. The largest absolute Gasteiger partial charge is 0.456 e. The number of carbonyl (C=O) groups is 1. The number of hydrogen-bond donors (Lipinski definition) is 0. The van der Waals surface area contributed by atoms with E-state index in [2.05, 4.69) is 26.8 Å². The van der Waals surface area contributed by atoms with E-state index >= 15 is 0 Å². The molecule has 0 radical (unpaired) electrons. The number of pyridine rings is 1. The molecule has 0 amide bonds. The van der Waals surface area contributed by atoms with E-state index in [4.69, 9.17) is 9.72 Å². The lowest BCUT2D eigenvalue weighted by Gasteiger charge is -2.25. The molecule has 0 saturated carbocycles. The maximum atomic E-state index is 13.6. The summed E-state index contributed by atoms with van der Waals surface area (Å²) in [6.45, 7) is 13.9. The Bertz CT molecular complexity index is 1210. The molecule has 1 heterocycles. The fourth-order valence-electron chi connectivity index (χ4n) is 3.91. The molecule has 0 atom stereocenters. The van der Waals surface area contributed by atoms with Crippen molar-refractivity contribution in [3.8, 4) is 17.2 Å². The quantitative estimate of drug-likeness (QED) is 0.387. The Morgan fingerprint density at radius 3 is 2.09 bits per heavy atom. The van der Waals surface area contributed by atoms with Gasteiger partial charge in [-0.05, 0) is 50.7 Å². The summed E-state index contributed by atoms with van der Waals surface area (Å²) in [5.41, 5.74) is 4.97. The summed E-state index contributed by atoms with van der Waals surface area (Å²) in [5.74, 6) is -0.458. The number of aryl methyl sites for hydroxylation is 1. The molecular weight excluding hydrogens is 420 g/mol. The van der Waals surface area contributed by atoms with Gasteiger partial charge in [0.25, 0.3) is 0 Å². The maximum Gasteiger partial charge on any atom is 0.341 e. The summed E-state index contributed by atoms with van der Waals surface area (Å²) in [4.78, 5) is 18.6. The van der Waals surface area contributed by atoms with Crippen LogP contribution in [0.4, 0.5) is 0 Å². The van der Waals surface area contributed by atoms with Crippen molar-refractivity contribution in [2.45, 2.75) is 66.9 Å². The SMILES string of the molecule is Cc1ccc(-c2c(C#N)c(CC(C)(C)C)nc(Cc3ccccc3)c2C(=O)OC(C)(C)C)cc1. The van der Waals surface area contributed by atoms with Crippen molar-refractivity contribution in [3.05, 3.63) is 88.2 Å². The Hall–Kier alpha value is -3.45. The second-order valence-electron chi connectivity index (χ2n) is 11.0. The molecule has 0 aliphatic heterocycles. The number of nitrogens with zero attached hydrogens (tertiary/aromatic N) is 2. The minimum absolute atomic E-state index is 0.0827. The molecule has 4 heteroatoms. The van der Waals surface area contributed by atoms with E-state index in [1.807, 2.05) is 82.3 Å². The number of nitriles is 1. The molecule has 3 rings (SSSR count). The van der Waals surface area contributed by atoms with Crippen molar-refractivity contribution in [1.82, 2.24) is 4.98 Å². The molecule has 0 unspecified atom stereocenters. The van der Waals surface area contributed by atoms with Gasteiger partial charge in [-0.1, -0.05) is 80.9 Å². The lowest BCUT2D eigenvalue weighted by molar-refractivity contribution is 0.00688. The second kappa shape index (κ2) is 9.81. The number of rotatable bonds is 5. The fraction of sp³-hybridized carbons (Fsp3) is 0.367. The summed E-state index contributed by atoms with van der Waals surface area (Å²) in [5, 5.41) is 10.3. The molecule has 2 aromatic carbocycles. The van der Waals surface area contributed by atoms with Crippen molar-refractivity contribution in [2.24, 2.45) is 5.41 Å². The van der Waals surface area contributed by atoms with Crippen LogP contribution in [0.15, 0.2) is 54.6 Å². The Balaban J connectivity index is 2.38. The van der Waals surface area contributed by atoms with Gasteiger partial charge < -0.3 is 4.74 Å². The molecule has 0 aliphatic carbocycles. The lowest BCUT2D eigenvalue weighted by atomic mass is 9.84. The molecule has 0 bridgehead atoms. The standard InChI is InChI=1S/C30H34N2O2/c1-20-13-15-22(16-14-20)26-23(19-31)25(18-29(2,3)4)32-24(17-21-11-9-8-10-12-21)27(26)28(33)34-30(5,6)7/h8-16H,17-18H2,1-7H3. The number of ether oxygens (including phenoxy) is 1. The molecule has 34 heavy (non-hydrogen) atoms. The van der Waals surface area contributed by atoms with E-state index in [-0.39, 0.29) is 5.41 Å². The first-order valence-electron chi connectivity index (χ1n) is 11.7. The fourth-order valence-corrected chi connectivity index (χ4v) is 3.91. The smallest absolute Gasteiger partial charge is 0.341 e. The third-order valence-corrected chi connectivity index (χ3v) is 5.31. The first kappa shape index (κ1) is 25.2. The highest BCUT2D eigenvalue weighted by atomic mass is 16.6. The molecule has 0 aliphatic rings. The Labute approximate surface area is 203 Å². The van der Waals surface area contributed by atoms with Crippen molar-refractivity contribution in [3.63, 3.8) is 0 Å². The third-order valence-electron chi connectivity index (χ3n) is 5.31. The minimum atomic E-state index is -0.678. The summed E-state index contributed by atoms with van der Waals surface area (Å²) < 4.78 is 5.84. The van der Waals surface area contributed by atoms with Crippen LogP contribution in [0.5, 0.6) is 0 Å². The van der Waals surface area contributed by atoms with Gasteiger partial charge in [0.1, 0.15) is 11.7 Å².